The fraction of sp³-hybridized carbons (Fsp3) is 0.235. The highest BCUT2D eigenvalue weighted by Gasteiger charge is 2.10. The standard InChI is InChI=1S/C17H18F3N3O.HI/c1-24-10-12-4-2-3-5-15(12)23-17(21)22-7-6-11-8-13(18)16(20)14(19)9-11;/h2-5,8-9H,6-7,10H2,1H3,(H3,21,22,23);1H. The Morgan fingerprint density at radius 2 is 1.80 bits per heavy atom. The number of anilines is 1. The molecule has 0 amide bonds. The van der Waals surface area contributed by atoms with Crippen molar-refractivity contribution in [2.24, 2.45) is 10.7 Å². The van der Waals surface area contributed by atoms with Gasteiger partial charge in [-0.25, -0.2) is 13.2 Å². The summed E-state index contributed by atoms with van der Waals surface area (Å²) >= 11 is 0. The predicted octanol–water partition coefficient (Wildman–Crippen LogP) is 3.84. The van der Waals surface area contributed by atoms with E-state index in [0.717, 1.165) is 23.4 Å². The van der Waals surface area contributed by atoms with Crippen LogP contribution in [0.1, 0.15) is 11.1 Å². The molecule has 0 unspecified atom stereocenters. The fourth-order valence-electron chi connectivity index (χ4n) is 2.16. The monoisotopic (exact) mass is 465 g/mol. The Bertz CT molecular complexity index is 718. The van der Waals surface area contributed by atoms with Crippen molar-refractivity contribution in [3.8, 4) is 0 Å². The minimum atomic E-state index is -1.47. The second kappa shape index (κ2) is 10.2. The average Bonchev–Trinajstić information content (AvgIpc) is 2.54. The lowest BCUT2D eigenvalue weighted by atomic mass is 10.1. The largest absolute Gasteiger partial charge is 0.380 e. The fourth-order valence-corrected chi connectivity index (χ4v) is 2.16. The van der Waals surface area contributed by atoms with Crippen molar-refractivity contribution >= 4 is 35.6 Å². The SMILES string of the molecule is COCc1ccccc1NC(N)=NCCc1cc(F)c(F)c(F)c1.I. The topological polar surface area (TPSA) is 59.6 Å². The molecule has 0 bridgehead atoms. The van der Waals surface area contributed by atoms with Crippen LogP contribution in [0.15, 0.2) is 41.4 Å². The molecule has 4 nitrogen and oxygen atoms in total. The molecular formula is C17H19F3IN3O. The molecule has 8 heteroatoms. The smallest absolute Gasteiger partial charge is 0.194 e. The van der Waals surface area contributed by atoms with E-state index in [0.29, 0.717) is 12.2 Å². The molecule has 25 heavy (non-hydrogen) atoms. The van der Waals surface area contributed by atoms with Crippen molar-refractivity contribution in [2.45, 2.75) is 13.0 Å². The number of ether oxygens (including phenoxy) is 1. The first-order chi connectivity index (χ1) is 11.5. The number of nitrogens with zero attached hydrogens (tertiary/aromatic N) is 1. The molecule has 0 radical (unpaired) electrons. The third-order valence-electron chi connectivity index (χ3n) is 3.31. The first kappa shape index (κ1) is 21.2. The molecule has 0 spiro atoms. The van der Waals surface area contributed by atoms with E-state index in [1.807, 2.05) is 24.3 Å². The predicted molar refractivity (Wildman–Crippen MR) is 103 cm³/mol. The van der Waals surface area contributed by atoms with Crippen molar-refractivity contribution in [2.75, 3.05) is 19.0 Å². The molecule has 0 fully saturated rings. The molecule has 0 saturated heterocycles. The molecule has 0 heterocycles. The second-order valence-electron chi connectivity index (χ2n) is 5.11. The lowest BCUT2D eigenvalue weighted by Crippen LogP contribution is -2.23. The molecule has 0 aliphatic carbocycles. The van der Waals surface area contributed by atoms with Gasteiger partial charge in [-0.1, -0.05) is 18.2 Å². The lowest BCUT2D eigenvalue weighted by Gasteiger charge is -2.10. The minimum Gasteiger partial charge on any atom is -0.380 e. The van der Waals surface area contributed by atoms with Gasteiger partial charge in [-0.3, -0.25) is 4.99 Å². The summed E-state index contributed by atoms with van der Waals surface area (Å²) in [5, 5.41) is 2.95. The zero-order chi connectivity index (χ0) is 17.5. The Labute approximate surface area is 161 Å². The van der Waals surface area contributed by atoms with E-state index in [2.05, 4.69) is 10.3 Å². The van der Waals surface area contributed by atoms with Gasteiger partial charge in [-0.15, -0.1) is 24.0 Å². The van der Waals surface area contributed by atoms with Gasteiger partial charge in [-0.05, 0) is 30.2 Å². The second-order valence-corrected chi connectivity index (χ2v) is 5.11. The summed E-state index contributed by atoms with van der Waals surface area (Å²) in [4.78, 5) is 4.10. The van der Waals surface area contributed by atoms with Crippen LogP contribution >= 0.6 is 24.0 Å². The number of benzene rings is 2. The Morgan fingerprint density at radius 3 is 2.44 bits per heavy atom. The van der Waals surface area contributed by atoms with E-state index in [-0.39, 0.29) is 42.9 Å². The van der Waals surface area contributed by atoms with Gasteiger partial charge in [0.25, 0.3) is 0 Å². The summed E-state index contributed by atoms with van der Waals surface area (Å²) in [7, 11) is 1.59. The summed E-state index contributed by atoms with van der Waals surface area (Å²) in [5.41, 5.74) is 7.80. The molecule has 2 rings (SSSR count). The number of methoxy groups -OCH3 is 1. The summed E-state index contributed by atoms with van der Waals surface area (Å²) < 4.78 is 44.2. The Kier molecular flexibility index (Phi) is 8.70. The van der Waals surface area contributed by atoms with E-state index >= 15 is 0 Å². The number of nitrogens with two attached hydrogens (primary N) is 1. The Morgan fingerprint density at radius 1 is 1.16 bits per heavy atom. The number of guanidine groups is 1. The molecular weight excluding hydrogens is 446 g/mol. The highest BCUT2D eigenvalue weighted by atomic mass is 127. The van der Waals surface area contributed by atoms with E-state index < -0.39 is 17.5 Å². The summed E-state index contributed by atoms with van der Waals surface area (Å²) in [6.45, 7) is 0.625. The summed E-state index contributed by atoms with van der Waals surface area (Å²) in [6.07, 6.45) is 0.232. The van der Waals surface area contributed by atoms with E-state index in [9.17, 15) is 13.2 Å². The summed E-state index contributed by atoms with van der Waals surface area (Å²) in [5.74, 6) is -3.73. The van der Waals surface area contributed by atoms with E-state index in [1.165, 1.54) is 0 Å². The van der Waals surface area contributed by atoms with Crippen LogP contribution in [0.2, 0.25) is 0 Å². The third-order valence-corrected chi connectivity index (χ3v) is 3.31. The number of aliphatic imine (C=N–C) groups is 1. The molecule has 2 aromatic carbocycles. The van der Waals surface area contributed by atoms with Crippen molar-refractivity contribution in [3.63, 3.8) is 0 Å². The molecule has 3 N–H and O–H groups in total. The molecule has 136 valence electrons. The Balaban J connectivity index is 0.00000312. The van der Waals surface area contributed by atoms with Crippen LogP contribution in [0.4, 0.5) is 18.9 Å². The first-order valence-electron chi connectivity index (χ1n) is 7.28. The van der Waals surface area contributed by atoms with Crippen LogP contribution in [0.25, 0.3) is 0 Å². The van der Waals surface area contributed by atoms with Crippen LogP contribution < -0.4 is 11.1 Å². The van der Waals surface area contributed by atoms with Crippen molar-refractivity contribution < 1.29 is 17.9 Å². The third kappa shape index (κ3) is 6.20. The number of para-hydroxylation sites is 1. The van der Waals surface area contributed by atoms with Gasteiger partial charge in [0.15, 0.2) is 23.4 Å². The van der Waals surface area contributed by atoms with Gasteiger partial charge in [0.05, 0.1) is 6.61 Å². The van der Waals surface area contributed by atoms with Gasteiger partial charge in [0.1, 0.15) is 0 Å². The number of nitrogens with one attached hydrogen (secondary N) is 1. The minimum absolute atomic E-state index is 0. The highest BCUT2D eigenvalue weighted by molar-refractivity contribution is 14.0. The molecule has 0 aliphatic rings. The van der Waals surface area contributed by atoms with Gasteiger partial charge in [0, 0.05) is 24.9 Å². The van der Waals surface area contributed by atoms with Crippen LogP contribution in [-0.4, -0.2) is 19.6 Å². The van der Waals surface area contributed by atoms with Gasteiger partial charge in [-0.2, -0.15) is 0 Å². The number of hydrogen-bond acceptors (Lipinski definition) is 2. The normalized spacial score (nSPS) is 11.1. The number of hydrogen-bond donors (Lipinski definition) is 2. The van der Waals surface area contributed by atoms with Gasteiger partial charge >= 0.3 is 0 Å². The maximum absolute atomic E-state index is 13.1. The zero-order valence-corrected chi connectivity index (χ0v) is 15.9. The van der Waals surface area contributed by atoms with E-state index in [4.69, 9.17) is 10.5 Å². The zero-order valence-electron chi connectivity index (χ0n) is 13.6. The molecule has 0 aliphatic heterocycles. The van der Waals surface area contributed by atoms with Crippen molar-refractivity contribution in [3.05, 3.63) is 65.0 Å². The Hall–Kier alpha value is -1.81. The molecule has 0 atom stereocenters. The molecule has 2 aromatic rings. The highest BCUT2D eigenvalue weighted by Crippen LogP contribution is 2.16. The van der Waals surface area contributed by atoms with Crippen LogP contribution in [-0.2, 0) is 17.8 Å². The van der Waals surface area contributed by atoms with Gasteiger partial charge in [0.2, 0.25) is 0 Å². The van der Waals surface area contributed by atoms with Crippen molar-refractivity contribution in [1.29, 1.82) is 0 Å². The maximum atomic E-state index is 13.1. The summed E-state index contributed by atoms with van der Waals surface area (Å²) in [6, 6.07) is 9.35. The van der Waals surface area contributed by atoms with Crippen molar-refractivity contribution in [1.82, 2.24) is 0 Å². The number of rotatable bonds is 6. The molecule has 0 saturated carbocycles. The van der Waals surface area contributed by atoms with Crippen LogP contribution in [0.3, 0.4) is 0 Å². The average molecular weight is 465 g/mol. The maximum Gasteiger partial charge on any atom is 0.194 e. The van der Waals surface area contributed by atoms with Crippen LogP contribution in [0, 0.1) is 17.5 Å². The van der Waals surface area contributed by atoms with Crippen LogP contribution in [0.5, 0.6) is 0 Å². The number of halogens is 4. The van der Waals surface area contributed by atoms with E-state index in [1.54, 1.807) is 7.11 Å². The molecule has 0 aromatic heterocycles. The lowest BCUT2D eigenvalue weighted by molar-refractivity contribution is 0.185. The first-order valence-corrected chi connectivity index (χ1v) is 7.28. The van der Waals surface area contributed by atoms with Gasteiger partial charge < -0.3 is 15.8 Å². The quantitative estimate of drug-likeness (QED) is 0.295.